The second kappa shape index (κ2) is 7.62. The van der Waals surface area contributed by atoms with E-state index in [4.69, 9.17) is 17.3 Å². The van der Waals surface area contributed by atoms with E-state index in [9.17, 15) is 14.4 Å². The van der Waals surface area contributed by atoms with Gasteiger partial charge >= 0.3 is 0 Å². The fourth-order valence-electron chi connectivity index (χ4n) is 4.39. The summed E-state index contributed by atoms with van der Waals surface area (Å²) in [7, 11) is 0. The van der Waals surface area contributed by atoms with E-state index in [0.29, 0.717) is 36.1 Å². The summed E-state index contributed by atoms with van der Waals surface area (Å²) in [4.78, 5) is 14.8. The van der Waals surface area contributed by atoms with Crippen molar-refractivity contribution < 1.29 is 9.18 Å². The Morgan fingerprint density at radius 1 is 1.20 bits per heavy atom. The SMILES string of the molecule is Cc1ccc(C)c([C@@H]2C(C#N)=C(N)N(c3ccc(F)c(Cl)c3)C3=C2C(=O)CCC3)c1. The highest BCUT2D eigenvalue weighted by atomic mass is 35.5. The Morgan fingerprint density at radius 3 is 2.67 bits per heavy atom. The number of nitriles is 1. The molecule has 0 amide bonds. The number of nitrogens with two attached hydrogens (primary N) is 1. The van der Waals surface area contributed by atoms with Gasteiger partial charge in [-0.3, -0.25) is 9.69 Å². The third-order valence-corrected chi connectivity index (χ3v) is 6.11. The first-order valence-corrected chi connectivity index (χ1v) is 10.2. The Bertz CT molecular complexity index is 1180. The van der Waals surface area contributed by atoms with Gasteiger partial charge in [-0.15, -0.1) is 0 Å². The lowest BCUT2D eigenvalue weighted by Gasteiger charge is -2.40. The van der Waals surface area contributed by atoms with Crippen molar-refractivity contribution in [3.8, 4) is 6.07 Å². The van der Waals surface area contributed by atoms with Crippen LogP contribution in [0.15, 0.2) is 59.1 Å². The minimum Gasteiger partial charge on any atom is -0.384 e. The van der Waals surface area contributed by atoms with Crippen LogP contribution in [0.1, 0.15) is 41.9 Å². The zero-order valence-corrected chi connectivity index (χ0v) is 17.6. The molecule has 2 aliphatic rings. The van der Waals surface area contributed by atoms with Crippen molar-refractivity contribution >= 4 is 23.1 Å². The van der Waals surface area contributed by atoms with Crippen LogP contribution in [0.25, 0.3) is 0 Å². The lowest BCUT2D eigenvalue weighted by atomic mass is 9.74. The number of nitrogens with zero attached hydrogens (tertiary/aromatic N) is 2. The van der Waals surface area contributed by atoms with E-state index in [1.54, 1.807) is 11.0 Å². The molecule has 30 heavy (non-hydrogen) atoms. The van der Waals surface area contributed by atoms with E-state index in [1.165, 1.54) is 12.1 Å². The molecule has 0 fully saturated rings. The number of aryl methyl sites for hydroxylation is 2. The topological polar surface area (TPSA) is 70.1 Å². The van der Waals surface area contributed by atoms with Gasteiger partial charge in [-0.2, -0.15) is 5.26 Å². The predicted molar refractivity (Wildman–Crippen MR) is 115 cm³/mol. The molecule has 152 valence electrons. The molecule has 0 aromatic heterocycles. The number of Topliss-reactive ketones (excluding diaryl/α,β-unsaturated/α-hetero) is 1. The predicted octanol–water partition coefficient (Wildman–Crippen LogP) is 5.40. The van der Waals surface area contributed by atoms with Crippen LogP contribution in [0, 0.1) is 31.0 Å². The maximum absolute atomic E-state index is 13.8. The largest absolute Gasteiger partial charge is 0.384 e. The summed E-state index contributed by atoms with van der Waals surface area (Å²) in [5.41, 5.74) is 11.7. The minimum absolute atomic E-state index is 0.0145. The van der Waals surface area contributed by atoms with Gasteiger partial charge in [0.15, 0.2) is 5.78 Å². The summed E-state index contributed by atoms with van der Waals surface area (Å²) < 4.78 is 13.8. The molecule has 1 heterocycles. The summed E-state index contributed by atoms with van der Waals surface area (Å²) in [6.07, 6.45) is 1.76. The Labute approximate surface area is 180 Å². The van der Waals surface area contributed by atoms with Gasteiger partial charge in [-0.25, -0.2) is 4.39 Å². The number of carbonyl (C=O) groups is 1. The number of hydrogen-bond donors (Lipinski definition) is 1. The number of carbonyl (C=O) groups excluding carboxylic acids is 1. The van der Waals surface area contributed by atoms with Crippen LogP contribution in [0.2, 0.25) is 5.02 Å². The molecule has 0 saturated heterocycles. The van der Waals surface area contributed by atoms with E-state index < -0.39 is 11.7 Å². The van der Waals surface area contributed by atoms with E-state index in [0.717, 1.165) is 22.4 Å². The molecule has 2 aromatic rings. The van der Waals surface area contributed by atoms with Gasteiger partial charge in [-0.1, -0.05) is 35.4 Å². The normalized spacial score (nSPS) is 19.1. The number of halogens is 2. The monoisotopic (exact) mass is 421 g/mol. The van der Waals surface area contributed by atoms with E-state index in [-0.39, 0.29) is 16.6 Å². The molecule has 2 aromatic carbocycles. The van der Waals surface area contributed by atoms with Crippen LogP contribution in [0.4, 0.5) is 10.1 Å². The number of hydrogen-bond acceptors (Lipinski definition) is 4. The second-order valence-electron chi connectivity index (χ2n) is 7.77. The summed E-state index contributed by atoms with van der Waals surface area (Å²) in [5, 5.41) is 10.0. The molecular formula is C24H21ClFN3O. The van der Waals surface area contributed by atoms with Gasteiger partial charge in [0.25, 0.3) is 0 Å². The lowest BCUT2D eigenvalue weighted by molar-refractivity contribution is -0.116. The molecule has 1 aliphatic carbocycles. The first-order valence-electron chi connectivity index (χ1n) is 9.81. The van der Waals surface area contributed by atoms with Crippen LogP contribution >= 0.6 is 11.6 Å². The molecular weight excluding hydrogens is 401 g/mol. The molecule has 0 bridgehead atoms. The molecule has 0 radical (unpaired) electrons. The van der Waals surface area contributed by atoms with Crippen LogP contribution in [-0.4, -0.2) is 5.78 Å². The first-order chi connectivity index (χ1) is 14.3. The van der Waals surface area contributed by atoms with Crippen LogP contribution in [0.5, 0.6) is 0 Å². The fourth-order valence-corrected chi connectivity index (χ4v) is 4.56. The first kappa shape index (κ1) is 20.2. The number of rotatable bonds is 2. The second-order valence-corrected chi connectivity index (χ2v) is 8.18. The third-order valence-electron chi connectivity index (χ3n) is 5.82. The number of ketones is 1. The molecule has 0 spiro atoms. The number of allylic oxidation sites excluding steroid dienone is 3. The van der Waals surface area contributed by atoms with Gasteiger partial charge < -0.3 is 5.73 Å². The van der Waals surface area contributed by atoms with Gasteiger partial charge in [-0.05, 0) is 56.0 Å². The van der Waals surface area contributed by atoms with E-state index in [1.807, 2.05) is 32.0 Å². The summed E-state index contributed by atoms with van der Waals surface area (Å²) in [6, 6.07) is 12.6. The van der Waals surface area contributed by atoms with Crippen LogP contribution in [-0.2, 0) is 4.79 Å². The van der Waals surface area contributed by atoms with Crippen molar-refractivity contribution in [2.45, 2.75) is 39.0 Å². The lowest BCUT2D eigenvalue weighted by Crippen LogP contribution is -2.38. The molecule has 1 aliphatic heterocycles. The van der Waals surface area contributed by atoms with E-state index >= 15 is 0 Å². The number of benzene rings is 2. The van der Waals surface area contributed by atoms with Crippen molar-refractivity contribution in [2.24, 2.45) is 5.73 Å². The minimum atomic E-state index is -0.539. The number of anilines is 1. The molecule has 0 unspecified atom stereocenters. The Hall–Kier alpha value is -3.10. The van der Waals surface area contributed by atoms with Crippen molar-refractivity contribution in [2.75, 3.05) is 4.90 Å². The van der Waals surface area contributed by atoms with Crippen LogP contribution < -0.4 is 10.6 Å². The molecule has 6 heteroatoms. The summed E-state index contributed by atoms with van der Waals surface area (Å²) in [6.45, 7) is 3.95. The fraction of sp³-hybridized carbons (Fsp3) is 0.250. The van der Waals surface area contributed by atoms with Crippen molar-refractivity contribution in [3.05, 3.63) is 86.6 Å². The molecule has 0 saturated carbocycles. The average molecular weight is 422 g/mol. The molecule has 1 atom stereocenters. The van der Waals surface area contributed by atoms with Crippen molar-refractivity contribution in [1.29, 1.82) is 5.26 Å². The Balaban J connectivity index is 2.00. The molecule has 4 rings (SSSR count). The summed E-state index contributed by atoms with van der Waals surface area (Å²) in [5.74, 6) is -0.785. The smallest absolute Gasteiger partial charge is 0.161 e. The zero-order chi connectivity index (χ0) is 21.6. The maximum Gasteiger partial charge on any atom is 0.161 e. The Kier molecular flexibility index (Phi) is 5.13. The molecule has 2 N–H and O–H groups in total. The van der Waals surface area contributed by atoms with Gasteiger partial charge in [0.05, 0.1) is 22.6 Å². The highest BCUT2D eigenvalue weighted by molar-refractivity contribution is 6.31. The van der Waals surface area contributed by atoms with Gasteiger partial charge in [0, 0.05) is 23.4 Å². The summed E-state index contributed by atoms with van der Waals surface area (Å²) >= 11 is 6.01. The van der Waals surface area contributed by atoms with E-state index in [2.05, 4.69) is 6.07 Å². The molecule has 4 nitrogen and oxygen atoms in total. The van der Waals surface area contributed by atoms with Crippen molar-refractivity contribution in [1.82, 2.24) is 0 Å². The average Bonchev–Trinajstić information content (AvgIpc) is 2.71. The van der Waals surface area contributed by atoms with Crippen LogP contribution in [0.3, 0.4) is 0 Å². The van der Waals surface area contributed by atoms with Gasteiger partial charge in [0.1, 0.15) is 11.6 Å². The highest BCUT2D eigenvalue weighted by Gasteiger charge is 2.40. The van der Waals surface area contributed by atoms with Crippen molar-refractivity contribution in [3.63, 3.8) is 0 Å². The standard InChI is InChI=1S/C24H21ClFN3O/c1-13-6-7-14(2)16(10-13)22-17(12-27)24(28)29(15-8-9-19(26)18(25)11-15)20-4-3-5-21(30)23(20)22/h6-11,22H,3-5,28H2,1-2H3/t22-/m1/s1. The maximum atomic E-state index is 13.8. The quantitative estimate of drug-likeness (QED) is 0.704. The third kappa shape index (κ3) is 3.18. The van der Waals surface area contributed by atoms with Gasteiger partial charge in [0.2, 0.25) is 0 Å². The zero-order valence-electron chi connectivity index (χ0n) is 16.8. The Morgan fingerprint density at radius 2 is 1.97 bits per heavy atom. The highest BCUT2D eigenvalue weighted by Crippen LogP contribution is 2.47.